The summed E-state index contributed by atoms with van der Waals surface area (Å²) < 4.78 is 39.8. The summed E-state index contributed by atoms with van der Waals surface area (Å²) in [5.74, 6) is 5.50. The normalized spacial score (nSPS) is 10.8. The lowest BCUT2D eigenvalue weighted by Crippen LogP contribution is -2.14. The summed E-state index contributed by atoms with van der Waals surface area (Å²) in [6, 6.07) is 12.4. The minimum Gasteiger partial charge on any atom is -0.322 e. The molecule has 3 aromatic rings. The average Bonchev–Trinajstić information content (AvgIpc) is 2.73. The number of amides is 1. The van der Waals surface area contributed by atoms with E-state index in [-0.39, 0.29) is 17.7 Å². The van der Waals surface area contributed by atoms with Crippen molar-refractivity contribution >= 4 is 11.6 Å². The lowest BCUT2D eigenvalue weighted by Gasteiger charge is -2.14. The molecular weight excluding hydrogens is 389 g/mol. The highest BCUT2D eigenvalue weighted by Gasteiger charge is 2.33. The van der Waals surface area contributed by atoms with Crippen LogP contribution in [0.2, 0.25) is 0 Å². The van der Waals surface area contributed by atoms with Gasteiger partial charge in [-0.1, -0.05) is 30.9 Å². The Balaban J connectivity index is 1.85. The monoisotopic (exact) mass is 408 g/mol. The predicted octanol–water partition coefficient (Wildman–Crippen LogP) is 5.62. The Labute approximate surface area is 173 Å². The molecule has 0 aliphatic carbocycles. The van der Waals surface area contributed by atoms with Gasteiger partial charge in [0.1, 0.15) is 0 Å². The van der Waals surface area contributed by atoms with Crippen LogP contribution in [0, 0.1) is 18.8 Å². The van der Waals surface area contributed by atoms with Crippen molar-refractivity contribution in [3.8, 4) is 11.8 Å². The van der Waals surface area contributed by atoms with E-state index >= 15 is 0 Å². The van der Waals surface area contributed by atoms with Crippen molar-refractivity contribution in [1.29, 1.82) is 0 Å². The minimum absolute atomic E-state index is 0.0908. The van der Waals surface area contributed by atoms with E-state index in [4.69, 9.17) is 0 Å². The molecule has 0 atom stereocenters. The first-order valence-electron chi connectivity index (χ1n) is 9.32. The van der Waals surface area contributed by atoms with Gasteiger partial charge in [0.05, 0.1) is 5.56 Å². The van der Waals surface area contributed by atoms with Crippen molar-refractivity contribution in [3.63, 3.8) is 0 Å². The van der Waals surface area contributed by atoms with Crippen LogP contribution in [0.15, 0.2) is 60.9 Å². The van der Waals surface area contributed by atoms with Crippen LogP contribution < -0.4 is 5.32 Å². The van der Waals surface area contributed by atoms with E-state index < -0.39 is 17.6 Å². The first kappa shape index (κ1) is 21.1. The van der Waals surface area contributed by atoms with Gasteiger partial charge in [0.2, 0.25) is 0 Å². The molecule has 0 radical (unpaired) electrons. The van der Waals surface area contributed by atoms with Crippen LogP contribution in [0.1, 0.15) is 45.1 Å². The molecule has 3 rings (SSSR count). The van der Waals surface area contributed by atoms with Crippen LogP contribution in [0.3, 0.4) is 0 Å². The Hall–Kier alpha value is -3.59. The molecule has 0 unspecified atom stereocenters. The van der Waals surface area contributed by atoms with Gasteiger partial charge >= 0.3 is 6.18 Å². The van der Waals surface area contributed by atoms with E-state index in [1.807, 2.05) is 13.0 Å². The molecule has 30 heavy (non-hydrogen) atoms. The molecule has 3 nitrogen and oxygen atoms in total. The van der Waals surface area contributed by atoms with E-state index in [0.29, 0.717) is 11.1 Å². The van der Waals surface area contributed by atoms with Crippen LogP contribution >= 0.6 is 0 Å². The van der Waals surface area contributed by atoms with Gasteiger partial charge in [-0.3, -0.25) is 9.78 Å². The second kappa shape index (κ2) is 8.83. The van der Waals surface area contributed by atoms with Gasteiger partial charge in [0.25, 0.3) is 5.91 Å². The number of alkyl halides is 3. The second-order valence-electron chi connectivity index (χ2n) is 6.70. The zero-order chi connectivity index (χ0) is 21.7. The Bertz CT molecular complexity index is 1130. The summed E-state index contributed by atoms with van der Waals surface area (Å²) in [6.07, 6.45) is -0.944. The quantitative estimate of drug-likeness (QED) is 0.571. The number of carbonyl (C=O) groups is 1. The van der Waals surface area contributed by atoms with Crippen LogP contribution in [0.25, 0.3) is 0 Å². The number of hydrogen-bond donors (Lipinski definition) is 1. The number of pyridine rings is 1. The summed E-state index contributed by atoms with van der Waals surface area (Å²) in [6.45, 7) is 3.53. The van der Waals surface area contributed by atoms with Gasteiger partial charge in [-0.2, -0.15) is 13.2 Å². The number of anilines is 1. The first-order chi connectivity index (χ1) is 14.3. The van der Waals surface area contributed by atoms with E-state index in [1.54, 1.807) is 43.6 Å². The van der Waals surface area contributed by atoms with Gasteiger partial charge in [-0.25, -0.2) is 0 Å². The van der Waals surface area contributed by atoms with Crippen LogP contribution in [0.4, 0.5) is 18.9 Å². The molecule has 1 aromatic heterocycles. The molecule has 0 saturated carbocycles. The van der Waals surface area contributed by atoms with Gasteiger partial charge in [-0.05, 0) is 60.9 Å². The van der Waals surface area contributed by atoms with Crippen LogP contribution in [-0.4, -0.2) is 10.9 Å². The number of halogens is 3. The number of nitrogens with zero attached hydrogens (tertiary/aromatic N) is 1. The summed E-state index contributed by atoms with van der Waals surface area (Å²) in [5.41, 5.74) is 2.12. The number of rotatable bonds is 3. The smallest absolute Gasteiger partial charge is 0.322 e. The maximum absolute atomic E-state index is 13.3. The summed E-state index contributed by atoms with van der Waals surface area (Å²) in [5, 5.41) is 2.55. The first-order valence-corrected chi connectivity index (χ1v) is 9.32. The molecule has 1 amide bonds. The van der Waals surface area contributed by atoms with Gasteiger partial charge < -0.3 is 5.32 Å². The number of carbonyl (C=O) groups excluding carboxylic acids is 1. The number of benzene rings is 2. The third-order valence-electron chi connectivity index (χ3n) is 4.56. The number of aromatic nitrogens is 1. The third kappa shape index (κ3) is 5.06. The van der Waals surface area contributed by atoms with Crippen LogP contribution in [0.5, 0.6) is 0 Å². The fraction of sp³-hybridized carbons (Fsp3) is 0.167. The summed E-state index contributed by atoms with van der Waals surface area (Å²) in [4.78, 5) is 16.6. The topological polar surface area (TPSA) is 42.0 Å². The Morgan fingerprint density at radius 2 is 1.90 bits per heavy atom. The van der Waals surface area contributed by atoms with Gasteiger partial charge in [0.15, 0.2) is 0 Å². The van der Waals surface area contributed by atoms with Crippen molar-refractivity contribution in [2.75, 3.05) is 5.32 Å². The predicted molar refractivity (Wildman–Crippen MR) is 110 cm³/mol. The minimum atomic E-state index is -4.48. The molecule has 152 valence electrons. The molecule has 1 heterocycles. The molecule has 0 aliphatic heterocycles. The zero-order valence-electron chi connectivity index (χ0n) is 16.5. The molecule has 2 aromatic carbocycles. The molecule has 6 heteroatoms. The molecule has 0 fully saturated rings. The summed E-state index contributed by atoms with van der Waals surface area (Å²) >= 11 is 0. The maximum Gasteiger partial charge on any atom is 0.416 e. The standard InChI is InChI=1S/C24H19F3N2O/c1-3-18-10-11-21(14-22(18)24(25,26)27)29-23(30)20-8-6-16(2)19(13-20)9-7-17-5-4-12-28-15-17/h4-6,8,10-15H,3H2,1-2H3,(H,29,30). The van der Waals surface area contributed by atoms with E-state index in [0.717, 1.165) is 17.2 Å². The van der Waals surface area contributed by atoms with Crippen molar-refractivity contribution in [2.45, 2.75) is 26.4 Å². The average molecular weight is 408 g/mol. The molecule has 0 saturated heterocycles. The highest BCUT2D eigenvalue weighted by molar-refractivity contribution is 6.04. The van der Waals surface area contributed by atoms with Gasteiger partial charge in [0, 0.05) is 34.8 Å². The van der Waals surface area contributed by atoms with E-state index in [2.05, 4.69) is 22.1 Å². The van der Waals surface area contributed by atoms with Crippen LogP contribution in [-0.2, 0) is 12.6 Å². The summed E-state index contributed by atoms with van der Waals surface area (Å²) in [7, 11) is 0. The Morgan fingerprint density at radius 3 is 2.57 bits per heavy atom. The van der Waals surface area contributed by atoms with E-state index in [1.165, 1.54) is 12.1 Å². The largest absolute Gasteiger partial charge is 0.416 e. The Morgan fingerprint density at radius 1 is 1.10 bits per heavy atom. The Kier molecular flexibility index (Phi) is 6.22. The number of aryl methyl sites for hydroxylation is 2. The fourth-order valence-electron chi connectivity index (χ4n) is 2.90. The van der Waals surface area contributed by atoms with Crippen molar-refractivity contribution in [2.24, 2.45) is 0 Å². The highest BCUT2D eigenvalue weighted by atomic mass is 19.4. The lowest BCUT2D eigenvalue weighted by atomic mass is 10.0. The molecule has 0 spiro atoms. The van der Waals surface area contributed by atoms with Gasteiger partial charge in [-0.15, -0.1) is 0 Å². The molecule has 0 aliphatic rings. The lowest BCUT2D eigenvalue weighted by molar-refractivity contribution is -0.138. The van der Waals surface area contributed by atoms with Crippen molar-refractivity contribution in [3.05, 3.63) is 94.3 Å². The van der Waals surface area contributed by atoms with Crippen molar-refractivity contribution < 1.29 is 18.0 Å². The number of hydrogen-bond acceptors (Lipinski definition) is 2. The number of nitrogens with one attached hydrogen (secondary N) is 1. The second-order valence-corrected chi connectivity index (χ2v) is 6.70. The van der Waals surface area contributed by atoms with Crippen molar-refractivity contribution in [1.82, 2.24) is 4.98 Å². The maximum atomic E-state index is 13.3. The zero-order valence-corrected chi connectivity index (χ0v) is 16.5. The SMILES string of the molecule is CCc1ccc(NC(=O)c2ccc(C)c(C#Cc3cccnc3)c2)cc1C(F)(F)F. The molecule has 0 bridgehead atoms. The third-order valence-corrected chi connectivity index (χ3v) is 4.56. The molecular formula is C24H19F3N2O. The highest BCUT2D eigenvalue weighted by Crippen LogP contribution is 2.34. The van der Waals surface area contributed by atoms with E-state index in [9.17, 15) is 18.0 Å². The molecule has 1 N–H and O–H groups in total. The fourth-order valence-corrected chi connectivity index (χ4v) is 2.90.